The van der Waals surface area contributed by atoms with Crippen LogP contribution >= 0.6 is 0 Å². The summed E-state index contributed by atoms with van der Waals surface area (Å²) in [6, 6.07) is 13.8. The second kappa shape index (κ2) is 8.57. The van der Waals surface area contributed by atoms with E-state index in [0.717, 1.165) is 25.9 Å². The number of nitrogens with zero attached hydrogens (tertiary/aromatic N) is 1. The number of piperidine rings is 1. The largest absolute Gasteiger partial charge is 0.493 e. The van der Waals surface area contributed by atoms with E-state index in [0.29, 0.717) is 29.6 Å². The van der Waals surface area contributed by atoms with E-state index in [2.05, 4.69) is 45.7 Å². The first-order valence-corrected chi connectivity index (χ1v) is 9.98. The number of rotatable bonds is 6. The van der Waals surface area contributed by atoms with Gasteiger partial charge in [0, 0.05) is 28.9 Å². The molecule has 1 saturated heterocycles. The lowest BCUT2D eigenvalue weighted by Gasteiger charge is -2.31. The first-order valence-electron chi connectivity index (χ1n) is 9.98. The second-order valence-electron chi connectivity index (χ2n) is 7.46. The maximum atomic E-state index is 12.5. The fraction of sp³-hybridized carbons (Fsp3) is 0.348. The standard InChI is InChI=1S/C23H27N3O3/c1-28-21-8-7-17(13-22(21)29-2)25-23(27)15-26-11-9-16(10-12-26)19-14-24-20-6-4-3-5-18(19)20/h3-8,13-14,16,24H,9-12,15H2,1-2H3,(H,25,27). The van der Waals surface area contributed by atoms with Crippen molar-refractivity contribution < 1.29 is 14.3 Å². The Morgan fingerprint density at radius 2 is 1.86 bits per heavy atom. The summed E-state index contributed by atoms with van der Waals surface area (Å²) in [5.41, 5.74) is 3.30. The summed E-state index contributed by atoms with van der Waals surface area (Å²) >= 11 is 0. The number of H-pyrrole nitrogens is 1. The molecule has 0 aliphatic carbocycles. The summed E-state index contributed by atoms with van der Waals surface area (Å²) in [6.07, 6.45) is 4.27. The molecule has 0 radical (unpaired) electrons. The van der Waals surface area contributed by atoms with Crippen LogP contribution in [-0.2, 0) is 4.79 Å². The number of aromatic nitrogens is 1. The Morgan fingerprint density at radius 1 is 1.10 bits per heavy atom. The first-order chi connectivity index (χ1) is 14.2. The van der Waals surface area contributed by atoms with Crippen LogP contribution in [0.3, 0.4) is 0 Å². The molecule has 3 aromatic rings. The molecule has 152 valence electrons. The highest BCUT2D eigenvalue weighted by Gasteiger charge is 2.24. The zero-order valence-electron chi connectivity index (χ0n) is 16.9. The van der Waals surface area contributed by atoms with Gasteiger partial charge in [-0.15, -0.1) is 0 Å². The van der Waals surface area contributed by atoms with Crippen LogP contribution in [0.4, 0.5) is 5.69 Å². The molecule has 2 aromatic carbocycles. The topological polar surface area (TPSA) is 66.6 Å². The quantitative estimate of drug-likeness (QED) is 0.664. The highest BCUT2D eigenvalue weighted by atomic mass is 16.5. The third kappa shape index (κ3) is 4.22. The number of likely N-dealkylation sites (tertiary alicyclic amines) is 1. The van der Waals surface area contributed by atoms with Gasteiger partial charge in [0.25, 0.3) is 0 Å². The van der Waals surface area contributed by atoms with Crippen LogP contribution in [0.25, 0.3) is 10.9 Å². The van der Waals surface area contributed by atoms with Crippen LogP contribution in [0, 0.1) is 0 Å². The Labute approximate surface area is 170 Å². The molecule has 1 aliphatic rings. The average molecular weight is 393 g/mol. The molecular formula is C23H27N3O3. The van der Waals surface area contributed by atoms with E-state index in [9.17, 15) is 4.79 Å². The monoisotopic (exact) mass is 393 g/mol. The molecule has 0 atom stereocenters. The molecule has 6 heteroatoms. The summed E-state index contributed by atoms with van der Waals surface area (Å²) in [6.45, 7) is 2.24. The van der Waals surface area contributed by atoms with Gasteiger partial charge >= 0.3 is 0 Å². The summed E-state index contributed by atoms with van der Waals surface area (Å²) in [4.78, 5) is 18.1. The van der Waals surface area contributed by atoms with Gasteiger partial charge in [-0.1, -0.05) is 18.2 Å². The number of amides is 1. The SMILES string of the molecule is COc1ccc(NC(=O)CN2CCC(c3c[nH]c4ccccc34)CC2)cc1OC. The van der Waals surface area contributed by atoms with Gasteiger partial charge in [0.1, 0.15) is 0 Å². The van der Waals surface area contributed by atoms with Gasteiger partial charge in [-0.05, 0) is 55.6 Å². The Balaban J connectivity index is 1.32. The number of hydrogen-bond acceptors (Lipinski definition) is 4. The number of ether oxygens (including phenoxy) is 2. The lowest BCUT2D eigenvalue weighted by Crippen LogP contribution is -2.38. The lowest BCUT2D eigenvalue weighted by atomic mass is 9.89. The Kier molecular flexibility index (Phi) is 5.71. The van der Waals surface area contributed by atoms with Gasteiger partial charge in [-0.25, -0.2) is 0 Å². The minimum atomic E-state index is -0.0113. The molecule has 1 amide bonds. The number of benzene rings is 2. The van der Waals surface area contributed by atoms with Gasteiger partial charge in [0.2, 0.25) is 5.91 Å². The number of anilines is 1. The summed E-state index contributed by atoms with van der Waals surface area (Å²) < 4.78 is 10.5. The Hall–Kier alpha value is -2.99. The second-order valence-corrected chi connectivity index (χ2v) is 7.46. The van der Waals surface area contributed by atoms with Crippen molar-refractivity contribution in [2.24, 2.45) is 0 Å². The minimum absolute atomic E-state index is 0.0113. The molecule has 0 spiro atoms. The predicted octanol–water partition coefficient (Wildman–Crippen LogP) is 4.00. The molecule has 1 aromatic heterocycles. The van der Waals surface area contributed by atoms with Crippen LogP contribution in [0.15, 0.2) is 48.7 Å². The average Bonchev–Trinajstić information content (AvgIpc) is 3.18. The van der Waals surface area contributed by atoms with Gasteiger partial charge in [-0.2, -0.15) is 0 Å². The molecule has 6 nitrogen and oxygen atoms in total. The van der Waals surface area contributed by atoms with Crippen LogP contribution < -0.4 is 14.8 Å². The number of methoxy groups -OCH3 is 2. The van der Waals surface area contributed by atoms with E-state index in [1.54, 1.807) is 26.4 Å². The molecule has 0 unspecified atom stereocenters. The van der Waals surface area contributed by atoms with E-state index in [1.807, 2.05) is 6.07 Å². The van der Waals surface area contributed by atoms with Gasteiger partial charge in [-0.3, -0.25) is 9.69 Å². The van der Waals surface area contributed by atoms with Crippen LogP contribution in [-0.4, -0.2) is 49.6 Å². The zero-order valence-corrected chi connectivity index (χ0v) is 16.9. The van der Waals surface area contributed by atoms with Gasteiger partial charge < -0.3 is 19.8 Å². The van der Waals surface area contributed by atoms with Crippen LogP contribution in [0.1, 0.15) is 24.3 Å². The normalized spacial score (nSPS) is 15.4. The zero-order chi connectivity index (χ0) is 20.2. The summed E-state index contributed by atoms with van der Waals surface area (Å²) in [5, 5.41) is 4.27. The van der Waals surface area contributed by atoms with Crippen molar-refractivity contribution in [1.29, 1.82) is 0 Å². The number of carbonyl (C=O) groups is 1. The molecule has 2 N–H and O–H groups in total. The number of para-hydroxylation sites is 1. The summed E-state index contributed by atoms with van der Waals surface area (Å²) in [5.74, 6) is 1.77. The molecule has 2 heterocycles. The number of hydrogen-bond donors (Lipinski definition) is 2. The molecule has 1 aliphatic heterocycles. The van der Waals surface area contributed by atoms with Crippen molar-refractivity contribution >= 4 is 22.5 Å². The first kappa shape index (κ1) is 19.3. The maximum Gasteiger partial charge on any atom is 0.238 e. The molecule has 0 bridgehead atoms. The Bertz CT molecular complexity index is 990. The summed E-state index contributed by atoms with van der Waals surface area (Å²) in [7, 11) is 3.18. The maximum absolute atomic E-state index is 12.5. The van der Waals surface area contributed by atoms with Crippen molar-refractivity contribution in [3.63, 3.8) is 0 Å². The third-order valence-corrected chi connectivity index (χ3v) is 5.68. The Morgan fingerprint density at radius 3 is 2.62 bits per heavy atom. The molecule has 0 saturated carbocycles. The van der Waals surface area contributed by atoms with E-state index < -0.39 is 0 Å². The van der Waals surface area contributed by atoms with Crippen molar-refractivity contribution in [3.05, 3.63) is 54.2 Å². The van der Waals surface area contributed by atoms with Gasteiger partial charge in [0.05, 0.1) is 20.8 Å². The fourth-order valence-electron chi connectivity index (χ4n) is 4.15. The number of carbonyl (C=O) groups excluding carboxylic acids is 1. The number of nitrogens with one attached hydrogen (secondary N) is 2. The van der Waals surface area contributed by atoms with E-state index >= 15 is 0 Å². The highest BCUT2D eigenvalue weighted by Crippen LogP contribution is 2.33. The fourth-order valence-corrected chi connectivity index (χ4v) is 4.15. The van der Waals surface area contributed by atoms with Gasteiger partial charge in [0.15, 0.2) is 11.5 Å². The predicted molar refractivity (Wildman–Crippen MR) is 115 cm³/mol. The molecule has 1 fully saturated rings. The van der Waals surface area contributed by atoms with Crippen molar-refractivity contribution in [2.75, 3.05) is 39.2 Å². The number of fused-ring (bicyclic) bond motifs is 1. The number of aromatic amines is 1. The van der Waals surface area contributed by atoms with E-state index in [-0.39, 0.29) is 5.91 Å². The smallest absolute Gasteiger partial charge is 0.238 e. The van der Waals surface area contributed by atoms with Crippen molar-refractivity contribution in [3.8, 4) is 11.5 Å². The van der Waals surface area contributed by atoms with Crippen molar-refractivity contribution in [2.45, 2.75) is 18.8 Å². The molecule has 29 heavy (non-hydrogen) atoms. The van der Waals surface area contributed by atoms with E-state index in [4.69, 9.17) is 9.47 Å². The van der Waals surface area contributed by atoms with Crippen LogP contribution in [0.5, 0.6) is 11.5 Å². The third-order valence-electron chi connectivity index (χ3n) is 5.68. The van der Waals surface area contributed by atoms with Crippen molar-refractivity contribution in [1.82, 2.24) is 9.88 Å². The van der Waals surface area contributed by atoms with Crippen LogP contribution in [0.2, 0.25) is 0 Å². The highest BCUT2D eigenvalue weighted by molar-refractivity contribution is 5.92. The lowest BCUT2D eigenvalue weighted by molar-refractivity contribution is -0.117. The minimum Gasteiger partial charge on any atom is -0.493 e. The van der Waals surface area contributed by atoms with E-state index in [1.165, 1.54) is 16.5 Å². The molecule has 4 rings (SSSR count). The molecular weight excluding hydrogens is 366 g/mol.